The van der Waals surface area contributed by atoms with E-state index in [0.29, 0.717) is 16.8 Å². The number of nitro benzene ring substituents is 1. The summed E-state index contributed by atoms with van der Waals surface area (Å²) < 4.78 is 13.2. The number of nitrogens with zero attached hydrogens (tertiary/aromatic N) is 1. The molecule has 2 aromatic carbocycles. The fourth-order valence-corrected chi connectivity index (χ4v) is 2.49. The lowest BCUT2D eigenvalue weighted by Crippen LogP contribution is -1.95. The minimum atomic E-state index is -1.24. The number of carbonyl (C=O) groups is 1. The highest BCUT2D eigenvalue weighted by molar-refractivity contribution is 6.31. The van der Waals surface area contributed by atoms with Gasteiger partial charge in [0.05, 0.1) is 9.95 Å². The van der Waals surface area contributed by atoms with Gasteiger partial charge in [-0.15, -0.1) is 0 Å². The third-order valence-corrected chi connectivity index (χ3v) is 3.69. The molecule has 0 fully saturated rings. The summed E-state index contributed by atoms with van der Waals surface area (Å²) in [5.74, 6) is -1.82. The maximum atomic E-state index is 13.2. The highest BCUT2D eigenvalue weighted by Gasteiger charge is 2.19. The van der Waals surface area contributed by atoms with Crippen molar-refractivity contribution in [1.29, 1.82) is 0 Å². The molecule has 3 aromatic rings. The van der Waals surface area contributed by atoms with Crippen LogP contribution in [0.15, 0.2) is 36.4 Å². The van der Waals surface area contributed by atoms with Gasteiger partial charge in [0.15, 0.2) is 0 Å². The number of aromatic nitrogens is 1. The Balaban J connectivity index is 2.13. The van der Waals surface area contributed by atoms with Crippen LogP contribution in [0.3, 0.4) is 0 Å². The number of aromatic amines is 1. The van der Waals surface area contributed by atoms with Crippen molar-refractivity contribution < 1.29 is 19.2 Å². The quantitative estimate of drug-likeness (QED) is 0.480. The van der Waals surface area contributed by atoms with Gasteiger partial charge < -0.3 is 15.4 Å². The van der Waals surface area contributed by atoms with Crippen LogP contribution in [0.4, 0.5) is 21.5 Å². The van der Waals surface area contributed by atoms with E-state index < -0.39 is 16.7 Å². The average Bonchev–Trinajstić information content (AvgIpc) is 2.96. The number of aromatic carboxylic acids is 1. The second-order valence-corrected chi connectivity index (χ2v) is 5.33. The van der Waals surface area contributed by atoms with Crippen LogP contribution in [0, 0.1) is 15.9 Å². The summed E-state index contributed by atoms with van der Waals surface area (Å²) >= 11 is 5.72. The molecule has 0 amide bonds. The van der Waals surface area contributed by atoms with E-state index >= 15 is 0 Å². The number of anilines is 2. The molecule has 0 saturated heterocycles. The van der Waals surface area contributed by atoms with E-state index in [-0.39, 0.29) is 21.9 Å². The number of carboxylic acids is 1. The first-order chi connectivity index (χ1) is 11.4. The summed E-state index contributed by atoms with van der Waals surface area (Å²) in [5, 5.41) is 23.4. The van der Waals surface area contributed by atoms with Crippen molar-refractivity contribution in [1.82, 2.24) is 4.98 Å². The van der Waals surface area contributed by atoms with Crippen molar-refractivity contribution >= 4 is 45.5 Å². The van der Waals surface area contributed by atoms with Gasteiger partial charge in [0.1, 0.15) is 17.0 Å². The van der Waals surface area contributed by atoms with E-state index in [4.69, 9.17) is 16.7 Å². The normalized spacial score (nSPS) is 10.8. The molecule has 0 aliphatic heterocycles. The van der Waals surface area contributed by atoms with E-state index in [0.717, 1.165) is 0 Å². The van der Waals surface area contributed by atoms with E-state index in [1.807, 2.05) is 0 Å². The Bertz CT molecular complexity index is 986. The highest BCUT2D eigenvalue weighted by atomic mass is 35.5. The summed E-state index contributed by atoms with van der Waals surface area (Å²) in [4.78, 5) is 24.1. The van der Waals surface area contributed by atoms with Crippen LogP contribution < -0.4 is 5.32 Å². The molecule has 3 N–H and O–H groups in total. The average molecular weight is 350 g/mol. The minimum absolute atomic E-state index is 0.0793. The minimum Gasteiger partial charge on any atom is -0.477 e. The molecule has 0 spiro atoms. The van der Waals surface area contributed by atoms with E-state index in [9.17, 15) is 19.3 Å². The van der Waals surface area contributed by atoms with Gasteiger partial charge in [0.25, 0.3) is 5.69 Å². The number of H-pyrrole nitrogens is 1. The first-order valence-electron chi connectivity index (χ1n) is 6.62. The van der Waals surface area contributed by atoms with E-state index in [1.54, 1.807) is 0 Å². The Morgan fingerprint density at radius 1 is 1.29 bits per heavy atom. The number of halogens is 2. The summed E-state index contributed by atoms with van der Waals surface area (Å²) in [6, 6.07) is 7.95. The van der Waals surface area contributed by atoms with Gasteiger partial charge in [-0.3, -0.25) is 10.1 Å². The molecule has 122 valence electrons. The van der Waals surface area contributed by atoms with E-state index in [2.05, 4.69) is 10.3 Å². The highest BCUT2D eigenvalue weighted by Crippen LogP contribution is 2.34. The third kappa shape index (κ3) is 2.74. The standard InChI is InChI=1S/C15H9ClFN3O4/c16-9-5-7(1-2-10(9)17)18-11-3-4-13(20(23)24)14-8(11)6-12(19-14)15(21)22/h1-6,18-19H,(H,21,22). The molecule has 0 aliphatic carbocycles. The molecule has 0 atom stereocenters. The van der Waals surface area contributed by atoms with Crippen LogP contribution in [0.5, 0.6) is 0 Å². The lowest BCUT2D eigenvalue weighted by Gasteiger charge is -2.08. The lowest BCUT2D eigenvalue weighted by atomic mass is 10.1. The summed E-state index contributed by atoms with van der Waals surface area (Å²) in [5.41, 5.74) is 0.520. The van der Waals surface area contributed by atoms with Crippen molar-refractivity contribution in [2.75, 3.05) is 5.32 Å². The first kappa shape index (κ1) is 15.8. The smallest absolute Gasteiger partial charge is 0.352 e. The molecule has 9 heteroatoms. The van der Waals surface area contributed by atoms with Crippen molar-refractivity contribution in [3.63, 3.8) is 0 Å². The molecule has 0 saturated carbocycles. The second-order valence-electron chi connectivity index (χ2n) is 4.92. The molecular weight excluding hydrogens is 341 g/mol. The molecule has 3 rings (SSSR count). The summed E-state index contributed by atoms with van der Waals surface area (Å²) in [6.07, 6.45) is 0. The SMILES string of the molecule is O=C(O)c1cc2c(Nc3ccc(F)c(Cl)c3)ccc([N+](=O)[O-])c2[nH]1. The molecule has 0 bridgehead atoms. The monoisotopic (exact) mass is 349 g/mol. The van der Waals surface area contributed by atoms with Gasteiger partial charge in [-0.1, -0.05) is 11.6 Å². The Morgan fingerprint density at radius 2 is 2.04 bits per heavy atom. The van der Waals surface area contributed by atoms with Crippen molar-refractivity contribution in [3.05, 3.63) is 63.0 Å². The number of non-ortho nitro benzene ring substituents is 1. The molecule has 1 aromatic heterocycles. The molecule has 0 radical (unpaired) electrons. The van der Waals surface area contributed by atoms with Gasteiger partial charge in [0, 0.05) is 22.8 Å². The fourth-order valence-electron chi connectivity index (χ4n) is 2.31. The van der Waals surface area contributed by atoms with Gasteiger partial charge in [-0.05, 0) is 30.3 Å². The number of nitro groups is 1. The lowest BCUT2D eigenvalue weighted by molar-refractivity contribution is -0.383. The van der Waals surface area contributed by atoms with Crippen LogP contribution in [0.2, 0.25) is 5.02 Å². The Hall–Kier alpha value is -3.13. The fraction of sp³-hybridized carbons (Fsp3) is 0. The zero-order valence-electron chi connectivity index (χ0n) is 11.8. The maximum absolute atomic E-state index is 13.2. The van der Waals surface area contributed by atoms with E-state index in [1.165, 1.54) is 36.4 Å². The summed E-state index contributed by atoms with van der Waals surface area (Å²) in [7, 11) is 0. The van der Waals surface area contributed by atoms with Crippen molar-refractivity contribution in [2.45, 2.75) is 0 Å². The van der Waals surface area contributed by atoms with Gasteiger partial charge in [-0.2, -0.15) is 0 Å². The molecule has 0 unspecified atom stereocenters. The number of hydrogen-bond donors (Lipinski definition) is 3. The zero-order valence-corrected chi connectivity index (χ0v) is 12.6. The maximum Gasteiger partial charge on any atom is 0.352 e. The number of fused-ring (bicyclic) bond motifs is 1. The number of nitrogens with one attached hydrogen (secondary N) is 2. The molecule has 24 heavy (non-hydrogen) atoms. The molecule has 1 heterocycles. The van der Waals surface area contributed by atoms with Crippen LogP contribution in [-0.4, -0.2) is 21.0 Å². The van der Waals surface area contributed by atoms with Gasteiger partial charge in [0.2, 0.25) is 0 Å². The van der Waals surface area contributed by atoms with Crippen LogP contribution >= 0.6 is 11.6 Å². The topological polar surface area (TPSA) is 108 Å². The van der Waals surface area contributed by atoms with Gasteiger partial charge in [-0.25, -0.2) is 9.18 Å². The third-order valence-electron chi connectivity index (χ3n) is 3.40. The largest absolute Gasteiger partial charge is 0.477 e. The molecule has 0 aliphatic rings. The van der Waals surface area contributed by atoms with Crippen LogP contribution in [0.25, 0.3) is 10.9 Å². The predicted octanol–water partition coefficient (Wildman–Crippen LogP) is 4.31. The number of rotatable bonds is 4. The Kier molecular flexibility index (Phi) is 3.82. The predicted molar refractivity (Wildman–Crippen MR) is 86.6 cm³/mol. The molecular formula is C15H9ClFN3O4. The number of carboxylic acid groups (broad SMARTS) is 1. The number of hydrogen-bond acceptors (Lipinski definition) is 4. The van der Waals surface area contributed by atoms with Crippen LogP contribution in [0.1, 0.15) is 10.5 Å². The first-order valence-corrected chi connectivity index (χ1v) is 7.00. The van der Waals surface area contributed by atoms with Crippen LogP contribution in [-0.2, 0) is 0 Å². The summed E-state index contributed by atoms with van der Waals surface area (Å²) in [6.45, 7) is 0. The Labute approximate surface area is 138 Å². The number of benzene rings is 2. The second kappa shape index (κ2) is 5.82. The molecule has 7 nitrogen and oxygen atoms in total. The van der Waals surface area contributed by atoms with Crippen molar-refractivity contribution in [2.24, 2.45) is 0 Å². The Morgan fingerprint density at radius 3 is 2.67 bits per heavy atom. The zero-order chi connectivity index (χ0) is 17.4. The van der Waals surface area contributed by atoms with Gasteiger partial charge >= 0.3 is 5.97 Å². The van der Waals surface area contributed by atoms with Crippen molar-refractivity contribution in [3.8, 4) is 0 Å².